The van der Waals surface area contributed by atoms with Gasteiger partial charge in [0.15, 0.2) is 11.5 Å². The number of hydrazone groups is 1. The van der Waals surface area contributed by atoms with Crippen LogP contribution in [-0.2, 0) is 13.2 Å². The number of pyridine rings is 1. The first-order chi connectivity index (χ1) is 15.4. The highest BCUT2D eigenvalue weighted by Gasteiger charge is 2.11. The number of methoxy groups -OCH3 is 1. The van der Waals surface area contributed by atoms with Gasteiger partial charge in [-0.3, -0.25) is 9.59 Å². The highest BCUT2D eigenvalue weighted by atomic mass is 16.5. The minimum atomic E-state index is -0.561. The second-order valence-electron chi connectivity index (χ2n) is 7.34. The highest BCUT2D eigenvalue weighted by Crippen LogP contribution is 2.28. The maximum atomic E-state index is 12.3. The molecule has 1 amide bonds. The van der Waals surface area contributed by atoms with E-state index in [4.69, 9.17) is 9.47 Å². The molecule has 0 aliphatic heterocycles. The van der Waals surface area contributed by atoms with Crippen molar-refractivity contribution in [1.82, 2.24) is 9.99 Å². The number of amides is 1. The molecule has 2 aromatic carbocycles. The molecule has 0 saturated carbocycles. The van der Waals surface area contributed by atoms with Crippen molar-refractivity contribution in [3.63, 3.8) is 0 Å². The summed E-state index contributed by atoms with van der Waals surface area (Å²) in [6.45, 7) is 6.86. The summed E-state index contributed by atoms with van der Waals surface area (Å²) < 4.78 is 12.9. The number of hydrogen-bond acceptors (Lipinski definition) is 5. The molecule has 0 unspecified atom stereocenters. The van der Waals surface area contributed by atoms with Gasteiger partial charge >= 0.3 is 0 Å². The Morgan fingerprint density at radius 3 is 2.69 bits per heavy atom. The fourth-order valence-corrected chi connectivity index (χ4v) is 3.18. The van der Waals surface area contributed by atoms with Gasteiger partial charge in [-0.25, -0.2) is 5.43 Å². The molecule has 0 spiro atoms. The van der Waals surface area contributed by atoms with Crippen LogP contribution in [0.5, 0.6) is 11.5 Å². The summed E-state index contributed by atoms with van der Waals surface area (Å²) in [6, 6.07) is 14.8. The predicted molar refractivity (Wildman–Crippen MR) is 125 cm³/mol. The van der Waals surface area contributed by atoms with Gasteiger partial charge in [-0.2, -0.15) is 5.10 Å². The number of ether oxygens (including phenoxy) is 2. The normalized spacial score (nSPS) is 10.9. The first-order valence-corrected chi connectivity index (χ1v) is 10.3. The van der Waals surface area contributed by atoms with Crippen molar-refractivity contribution in [3.05, 3.63) is 92.9 Å². The summed E-state index contributed by atoms with van der Waals surface area (Å²) in [5.41, 5.74) is 6.25. The standard InChI is InChI=1S/C25H27N3O4/c1-5-28-12-6-7-21(25(28)30)24(29)27-26-15-19-10-11-22(23(14-19)31-4)32-16-20-13-17(2)8-9-18(20)3/h6-15H,5,16H2,1-4H3,(H,27,29)/b26-15-. The average Bonchev–Trinajstić information content (AvgIpc) is 2.80. The van der Waals surface area contributed by atoms with Crippen LogP contribution in [-0.4, -0.2) is 23.8 Å². The first kappa shape index (κ1) is 22.8. The monoisotopic (exact) mass is 433 g/mol. The zero-order chi connectivity index (χ0) is 23.1. The summed E-state index contributed by atoms with van der Waals surface area (Å²) in [7, 11) is 1.57. The van der Waals surface area contributed by atoms with Crippen molar-refractivity contribution in [2.24, 2.45) is 5.10 Å². The molecule has 1 aromatic heterocycles. The number of carbonyl (C=O) groups is 1. The maximum Gasteiger partial charge on any atom is 0.276 e. The number of hydrogen-bond donors (Lipinski definition) is 1. The van der Waals surface area contributed by atoms with Crippen LogP contribution >= 0.6 is 0 Å². The van der Waals surface area contributed by atoms with Crippen LogP contribution in [0, 0.1) is 13.8 Å². The molecule has 7 nitrogen and oxygen atoms in total. The van der Waals surface area contributed by atoms with Crippen LogP contribution in [0.4, 0.5) is 0 Å². The quantitative estimate of drug-likeness (QED) is 0.432. The maximum absolute atomic E-state index is 12.3. The van der Waals surface area contributed by atoms with Gasteiger partial charge < -0.3 is 14.0 Å². The molecule has 0 saturated heterocycles. The summed E-state index contributed by atoms with van der Waals surface area (Å²) in [5.74, 6) is 0.605. The lowest BCUT2D eigenvalue weighted by Crippen LogP contribution is -2.30. The van der Waals surface area contributed by atoms with E-state index in [2.05, 4.69) is 35.7 Å². The molecule has 3 rings (SSSR count). The van der Waals surface area contributed by atoms with Crippen LogP contribution in [0.3, 0.4) is 0 Å². The molecule has 0 aliphatic carbocycles. The number of nitrogens with one attached hydrogen (secondary N) is 1. The Hall–Kier alpha value is -3.87. The fraction of sp³-hybridized carbons (Fsp3) is 0.240. The molecule has 0 atom stereocenters. The van der Waals surface area contributed by atoms with Gasteiger partial charge in [0.05, 0.1) is 13.3 Å². The lowest BCUT2D eigenvalue weighted by Gasteiger charge is -2.13. The van der Waals surface area contributed by atoms with Gasteiger partial charge in [-0.05, 0) is 67.8 Å². The molecule has 1 heterocycles. The lowest BCUT2D eigenvalue weighted by atomic mass is 10.1. The Bertz CT molecular complexity index is 1200. The summed E-state index contributed by atoms with van der Waals surface area (Å²) in [5, 5.41) is 3.97. The number of nitrogens with zero attached hydrogens (tertiary/aromatic N) is 2. The van der Waals surface area contributed by atoms with Gasteiger partial charge in [0.2, 0.25) is 0 Å². The largest absolute Gasteiger partial charge is 0.493 e. The van der Waals surface area contributed by atoms with Crippen LogP contribution in [0.1, 0.15) is 39.5 Å². The van der Waals surface area contributed by atoms with Gasteiger partial charge in [-0.15, -0.1) is 0 Å². The molecule has 32 heavy (non-hydrogen) atoms. The number of aryl methyl sites for hydroxylation is 3. The Kier molecular flexibility index (Phi) is 7.44. The van der Waals surface area contributed by atoms with E-state index < -0.39 is 5.91 Å². The van der Waals surface area contributed by atoms with Gasteiger partial charge in [0, 0.05) is 12.7 Å². The minimum Gasteiger partial charge on any atom is -0.493 e. The van der Waals surface area contributed by atoms with Crippen molar-refractivity contribution in [2.45, 2.75) is 33.9 Å². The molecule has 0 radical (unpaired) electrons. The predicted octanol–water partition coefficient (Wildman–Crippen LogP) is 3.84. The Balaban J connectivity index is 1.68. The Morgan fingerprint density at radius 1 is 1.12 bits per heavy atom. The van der Waals surface area contributed by atoms with Crippen molar-refractivity contribution in [3.8, 4) is 11.5 Å². The van der Waals surface area contributed by atoms with Crippen LogP contribution in [0.2, 0.25) is 0 Å². The molecule has 1 N–H and O–H groups in total. The molecular weight excluding hydrogens is 406 g/mol. The van der Waals surface area contributed by atoms with Crippen molar-refractivity contribution < 1.29 is 14.3 Å². The van der Waals surface area contributed by atoms with E-state index in [1.165, 1.54) is 22.4 Å². The molecule has 0 bridgehead atoms. The second-order valence-corrected chi connectivity index (χ2v) is 7.34. The van der Waals surface area contributed by atoms with Gasteiger partial charge in [0.25, 0.3) is 11.5 Å². The van der Waals surface area contributed by atoms with E-state index in [-0.39, 0.29) is 11.1 Å². The summed E-state index contributed by atoms with van der Waals surface area (Å²) in [6.07, 6.45) is 3.12. The third-order valence-corrected chi connectivity index (χ3v) is 5.06. The average molecular weight is 434 g/mol. The number of rotatable bonds is 8. The minimum absolute atomic E-state index is 0.0410. The van der Waals surface area contributed by atoms with E-state index in [1.807, 2.05) is 19.9 Å². The molecule has 3 aromatic rings. The van der Waals surface area contributed by atoms with E-state index in [1.54, 1.807) is 31.5 Å². The van der Waals surface area contributed by atoms with Crippen molar-refractivity contribution in [1.29, 1.82) is 0 Å². The molecule has 7 heteroatoms. The van der Waals surface area contributed by atoms with Crippen LogP contribution in [0.25, 0.3) is 0 Å². The van der Waals surface area contributed by atoms with Crippen molar-refractivity contribution >= 4 is 12.1 Å². The zero-order valence-electron chi connectivity index (χ0n) is 18.7. The van der Waals surface area contributed by atoms with E-state index in [0.29, 0.717) is 30.2 Å². The fourth-order valence-electron chi connectivity index (χ4n) is 3.18. The summed E-state index contributed by atoms with van der Waals surface area (Å²) in [4.78, 5) is 24.5. The number of benzene rings is 2. The molecule has 0 aliphatic rings. The van der Waals surface area contributed by atoms with Crippen LogP contribution in [0.15, 0.2) is 64.6 Å². The SMILES string of the molecule is CCn1cccc(C(=O)N/N=C\c2ccc(OCc3cc(C)ccc3C)c(OC)c2)c1=O. The summed E-state index contributed by atoms with van der Waals surface area (Å²) >= 11 is 0. The van der Waals surface area contributed by atoms with Crippen molar-refractivity contribution in [2.75, 3.05) is 7.11 Å². The van der Waals surface area contributed by atoms with Gasteiger partial charge in [-0.1, -0.05) is 23.8 Å². The van der Waals surface area contributed by atoms with Crippen LogP contribution < -0.4 is 20.5 Å². The first-order valence-electron chi connectivity index (χ1n) is 10.3. The number of aromatic nitrogens is 1. The van der Waals surface area contributed by atoms with E-state index >= 15 is 0 Å². The molecule has 166 valence electrons. The number of carbonyl (C=O) groups excluding carboxylic acids is 1. The second kappa shape index (κ2) is 10.4. The lowest BCUT2D eigenvalue weighted by molar-refractivity contribution is 0.0953. The highest BCUT2D eigenvalue weighted by molar-refractivity contribution is 5.94. The van der Waals surface area contributed by atoms with E-state index in [0.717, 1.165) is 11.1 Å². The Labute approximate surface area is 187 Å². The molecule has 0 fully saturated rings. The third-order valence-electron chi connectivity index (χ3n) is 5.06. The molecular formula is C25H27N3O4. The zero-order valence-corrected chi connectivity index (χ0v) is 18.7. The van der Waals surface area contributed by atoms with Gasteiger partial charge in [0.1, 0.15) is 12.2 Å². The third kappa shape index (κ3) is 5.43. The van der Waals surface area contributed by atoms with E-state index in [9.17, 15) is 9.59 Å². The topological polar surface area (TPSA) is 81.9 Å². The smallest absolute Gasteiger partial charge is 0.276 e. The Morgan fingerprint density at radius 2 is 1.94 bits per heavy atom.